The first-order valence-corrected chi connectivity index (χ1v) is 5.85. The molecule has 0 unspecified atom stereocenters. The highest BCUT2D eigenvalue weighted by molar-refractivity contribution is 5.91. The predicted octanol–water partition coefficient (Wildman–Crippen LogP) is 4.41. The number of aliphatic hydroxyl groups is 1. The zero-order chi connectivity index (χ0) is 13.0. The average molecular weight is 229 g/mol. The molecule has 1 N–H and O–H groups in total. The molecule has 0 fully saturated rings. The summed E-state index contributed by atoms with van der Waals surface area (Å²) in [7, 11) is 0. The van der Waals surface area contributed by atoms with E-state index in [9.17, 15) is 5.11 Å². The number of para-hydroxylation sites is 1. The Balaban J connectivity index is 0.000000686. The number of hydrogen-bond acceptors (Lipinski definition) is 2. The van der Waals surface area contributed by atoms with Gasteiger partial charge in [0.05, 0.1) is 5.52 Å². The molecule has 0 aliphatic heterocycles. The molecule has 0 amide bonds. The van der Waals surface area contributed by atoms with Crippen LogP contribution in [0.4, 0.5) is 0 Å². The Morgan fingerprint density at radius 3 is 2.35 bits per heavy atom. The second-order valence-corrected chi connectivity index (χ2v) is 3.66. The van der Waals surface area contributed by atoms with Gasteiger partial charge in [0.15, 0.2) is 0 Å². The highest BCUT2D eigenvalue weighted by Gasteiger charge is 2.10. The predicted molar refractivity (Wildman–Crippen MR) is 74.2 cm³/mol. The molecule has 2 nitrogen and oxygen atoms in total. The molecule has 0 aliphatic carbocycles. The van der Waals surface area contributed by atoms with Crippen LogP contribution in [-0.4, -0.2) is 10.1 Å². The fraction of sp³-hybridized carbons (Fsp3) is 0.267. The molecule has 1 heterocycles. The third-order valence-electron chi connectivity index (χ3n) is 2.67. The normalized spacial score (nSPS) is 9.65. The largest absolute Gasteiger partial charge is 0.508 e. The molecule has 0 atom stereocenters. The van der Waals surface area contributed by atoms with E-state index < -0.39 is 0 Å². The first-order chi connectivity index (χ1) is 8.11. The van der Waals surface area contributed by atoms with Crippen LogP contribution in [0, 0.1) is 13.8 Å². The zero-order valence-electron chi connectivity index (χ0n) is 10.9. The van der Waals surface area contributed by atoms with Crippen molar-refractivity contribution in [2.24, 2.45) is 0 Å². The molecule has 90 valence electrons. The Bertz CT molecular complexity index is 544. The van der Waals surface area contributed by atoms with Crippen molar-refractivity contribution in [1.29, 1.82) is 0 Å². The Hall–Kier alpha value is -1.83. The van der Waals surface area contributed by atoms with E-state index in [0.717, 1.165) is 27.7 Å². The summed E-state index contributed by atoms with van der Waals surface area (Å²) in [5.74, 6) is 0.106. The fourth-order valence-electron chi connectivity index (χ4n) is 1.80. The molecule has 0 saturated heterocycles. The van der Waals surface area contributed by atoms with E-state index >= 15 is 0 Å². The number of hydrogen-bond donors (Lipinski definition) is 1. The molecule has 1 aromatic heterocycles. The van der Waals surface area contributed by atoms with E-state index in [1.54, 1.807) is 0 Å². The zero-order valence-corrected chi connectivity index (χ0v) is 10.9. The van der Waals surface area contributed by atoms with Gasteiger partial charge < -0.3 is 5.11 Å². The summed E-state index contributed by atoms with van der Waals surface area (Å²) in [5.41, 5.74) is 3.61. The molecule has 2 heteroatoms. The van der Waals surface area contributed by atoms with Gasteiger partial charge in [-0.2, -0.15) is 0 Å². The van der Waals surface area contributed by atoms with Crippen molar-refractivity contribution >= 4 is 16.7 Å². The number of benzene rings is 1. The molecular formula is C15H19NO. The van der Waals surface area contributed by atoms with E-state index in [2.05, 4.69) is 11.6 Å². The average Bonchev–Trinajstić information content (AvgIpc) is 2.33. The Labute approximate surface area is 103 Å². The van der Waals surface area contributed by atoms with Gasteiger partial charge in [0, 0.05) is 16.6 Å². The summed E-state index contributed by atoms with van der Waals surface area (Å²) in [6.07, 6.45) is 0. The summed E-state index contributed by atoms with van der Waals surface area (Å²) in [5, 5.41) is 10.6. The Morgan fingerprint density at radius 1 is 1.18 bits per heavy atom. The SMILES string of the molecule is C=C(O)c1c(C)c(C)nc2ccccc12.CC. The number of aliphatic hydroxyl groups excluding tert-OH is 1. The Morgan fingerprint density at radius 2 is 1.76 bits per heavy atom. The van der Waals surface area contributed by atoms with E-state index in [1.807, 2.05) is 52.0 Å². The minimum absolute atomic E-state index is 0.106. The number of pyridine rings is 1. The van der Waals surface area contributed by atoms with Crippen LogP contribution in [0.2, 0.25) is 0 Å². The first kappa shape index (κ1) is 13.2. The van der Waals surface area contributed by atoms with Gasteiger partial charge in [-0.3, -0.25) is 4.98 Å². The topological polar surface area (TPSA) is 33.1 Å². The third kappa shape index (κ3) is 2.47. The van der Waals surface area contributed by atoms with Crippen molar-refractivity contribution in [2.45, 2.75) is 27.7 Å². The minimum Gasteiger partial charge on any atom is -0.508 e. The standard InChI is InChI=1S/C13H13NO.C2H6/c1-8-9(2)14-12-7-5-4-6-11(12)13(8)10(3)15;1-2/h4-7,15H,3H2,1-2H3;1-2H3. The molecular weight excluding hydrogens is 210 g/mol. The second kappa shape index (κ2) is 5.48. The maximum atomic E-state index is 9.60. The third-order valence-corrected chi connectivity index (χ3v) is 2.67. The summed E-state index contributed by atoms with van der Waals surface area (Å²) < 4.78 is 0. The monoisotopic (exact) mass is 229 g/mol. The highest BCUT2D eigenvalue weighted by Crippen LogP contribution is 2.26. The molecule has 0 spiro atoms. The smallest absolute Gasteiger partial charge is 0.116 e. The van der Waals surface area contributed by atoms with Crippen molar-refractivity contribution < 1.29 is 5.11 Å². The van der Waals surface area contributed by atoms with E-state index in [4.69, 9.17) is 0 Å². The molecule has 0 saturated carbocycles. The van der Waals surface area contributed by atoms with Crippen LogP contribution in [-0.2, 0) is 0 Å². The summed E-state index contributed by atoms with van der Waals surface area (Å²) in [4.78, 5) is 4.47. The molecule has 1 aromatic carbocycles. The van der Waals surface area contributed by atoms with Gasteiger partial charge in [-0.15, -0.1) is 0 Å². The van der Waals surface area contributed by atoms with Gasteiger partial charge in [-0.25, -0.2) is 0 Å². The number of rotatable bonds is 1. The summed E-state index contributed by atoms with van der Waals surface area (Å²) in [6, 6.07) is 7.76. The lowest BCUT2D eigenvalue weighted by Crippen LogP contribution is -1.96. The van der Waals surface area contributed by atoms with Crippen molar-refractivity contribution in [3.8, 4) is 0 Å². The van der Waals surface area contributed by atoms with Gasteiger partial charge in [0.1, 0.15) is 5.76 Å². The number of nitrogens with zero attached hydrogens (tertiary/aromatic N) is 1. The van der Waals surface area contributed by atoms with Crippen molar-refractivity contribution in [2.75, 3.05) is 0 Å². The summed E-state index contributed by atoms with van der Waals surface area (Å²) >= 11 is 0. The maximum absolute atomic E-state index is 9.60. The number of fused-ring (bicyclic) bond motifs is 1. The second-order valence-electron chi connectivity index (χ2n) is 3.66. The highest BCUT2D eigenvalue weighted by atomic mass is 16.3. The minimum atomic E-state index is 0.106. The fourth-order valence-corrected chi connectivity index (χ4v) is 1.80. The first-order valence-electron chi connectivity index (χ1n) is 5.85. The van der Waals surface area contributed by atoms with E-state index in [1.165, 1.54) is 0 Å². The molecule has 17 heavy (non-hydrogen) atoms. The van der Waals surface area contributed by atoms with Crippen molar-refractivity contribution in [1.82, 2.24) is 4.98 Å². The van der Waals surface area contributed by atoms with Crippen LogP contribution in [0.1, 0.15) is 30.7 Å². The molecule has 0 bridgehead atoms. The van der Waals surface area contributed by atoms with Gasteiger partial charge in [-0.05, 0) is 25.5 Å². The van der Waals surface area contributed by atoms with Crippen LogP contribution < -0.4 is 0 Å². The molecule has 2 rings (SSSR count). The van der Waals surface area contributed by atoms with E-state index in [0.29, 0.717) is 0 Å². The molecule has 0 radical (unpaired) electrons. The molecule has 0 aliphatic rings. The number of aromatic nitrogens is 1. The van der Waals surface area contributed by atoms with Crippen LogP contribution in [0.25, 0.3) is 16.7 Å². The summed E-state index contributed by atoms with van der Waals surface area (Å²) in [6.45, 7) is 11.5. The number of aryl methyl sites for hydroxylation is 1. The van der Waals surface area contributed by atoms with Gasteiger partial charge >= 0.3 is 0 Å². The van der Waals surface area contributed by atoms with E-state index in [-0.39, 0.29) is 5.76 Å². The quantitative estimate of drug-likeness (QED) is 0.735. The van der Waals surface area contributed by atoms with Gasteiger partial charge in [-0.1, -0.05) is 38.6 Å². The van der Waals surface area contributed by atoms with Crippen molar-refractivity contribution in [3.63, 3.8) is 0 Å². The maximum Gasteiger partial charge on any atom is 0.116 e. The Kier molecular flexibility index (Phi) is 4.27. The molecule has 2 aromatic rings. The van der Waals surface area contributed by atoms with Crippen LogP contribution in [0.3, 0.4) is 0 Å². The van der Waals surface area contributed by atoms with Crippen molar-refractivity contribution in [3.05, 3.63) is 47.7 Å². The van der Waals surface area contributed by atoms with Gasteiger partial charge in [0.2, 0.25) is 0 Å². The van der Waals surface area contributed by atoms with Crippen LogP contribution >= 0.6 is 0 Å². The lowest BCUT2D eigenvalue weighted by Gasteiger charge is -2.10. The van der Waals surface area contributed by atoms with Crippen LogP contribution in [0.15, 0.2) is 30.8 Å². The lowest BCUT2D eigenvalue weighted by molar-refractivity contribution is 0.514. The van der Waals surface area contributed by atoms with Crippen LogP contribution in [0.5, 0.6) is 0 Å². The van der Waals surface area contributed by atoms with Gasteiger partial charge in [0.25, 0.3) is 0 Å². The lowest BCUT2D eigenvalue weighted by atomic mass is 10.0.